The third kappa shape index (κ3) is 17900. The van der Waals surface area contributed by atoms with Crippen molar-refractivity contribution >= 4 is 0 Å². The first-order valence-electron chi connectivity index (χ1n) is 1.85. The Labute approximate surface area is 108 Å². The van der Waals surface area contributed by atoms with Gasteiger partial charge in [0.15, 0.2) is 0 Å². The van der Waals surface area contributed by atoms with E-state index in [4.69, 9.17) is 47.1 Å². The standard InChI is InChI=1S/Au.3Mn.12O/q+3;;;;;;;;;;;;;3*-1. The van der Waals surface area contributed by atoms with Gasteiger partial charge in [-0.15, -0.1) is 0 Å². The number of hydrogen-bond donors (Lipinski definition) is 0. The Bertz CT molecular complexity index is 480. The van der Waals surface area contributed by atoms with Crippen LogP contribution in [0.4, 0.5) is 0 Å². The van der Waals surface area contributed by atoms with Crippen molar-refractivity contribution < 1.29 is 108 Å². The molecular weight excluding hydrogens is 554 g/mol. The summed E-state index contributed by atoms with van der Waals surface area (Å²) in [6.07, 6.45) is 0. The first-order valence-corrected chi connectivity index (χ1v) is 7.63. The molecule has 0 atom stereocenters. The molecule has 0 aliphatic carbocycles. The summed E-state index contributed by atoms with van der Waals surface area (Å²) in [5.41, 5.74) is 0. The maximum atomic E-state index is 8.58. The van der Waals surface area contributed by atoms with E-state index in [1.54, 1.807) is 0 Å². The van der Waals surface area contributed by atoms with E-state index in [0.29, 0.717) is 0 Å². The van der Waals surface area contributed by atoms with Gasteiger partial charge in [-0.3, -0.25) is 0 Å². The van der Waals surface area contributed by atoms with Crippen molar-refractivity contribution in [2.24, 2.45) is 0 Å². The molecule has 0 saturated carbocycles. The van der Waals surface area contributed by atoms with E-state index in [-0.39, 0.29) is 22.4 Å². The summed E-state index contributed by atoms with van der Waals surface area (Å²) >= 11 is -16.9. The van der Waals surface area contributed by atoms with Crippen LogP contribution in [0.25, 0.3) is 0 Å². The minimum absolute atomic E-state index is 0. The summed E-state index contributed by atoms with van der Waals surface area (Å²) in [5, 5.41) is 0. The molecule has 0 N–H and O–H groups in total. The van der Waals surface area contributed by atoms with E-state index in [9.17, 15) is 0 Å². The van der Waals surface area contributed by atoms with Crippen molar-refractivity contribution in [3.63, 3.8) is 0 Å². The summed E-state index contributed by atoms with van der Waals surface area (Å²) < 4.78 is 103. The molecule has 0 radical (unpaired) electrons. The van der Waals surface area contributed by atoms with Crippen molar-refractivity contribution in [1.82, 2.24) is 0 Å². The van der Waals surface area contributed by atoms with Crippen LogP contribution in [0.1, 0.15) is 0 Å². The molecule has 0 fully saturated rings. The van der Waals surface area contributed by atoms with Crippen LogP contribution in [0, 0.1) is 0 Å². The van der Waals surface area contributed by atoms with Gasteiger partial charge in [0.2, 0.25) is 0 Å². The quantitative estimate of drug-likeness (QED) is 0.258. The molecule has 104 valence electrons. The summed E-state index contributed by atoms with van der Waals surface area (Å²) in [6.45, 7) is 0. The van der Waals surface area contributed by atoms with Crippen molar-refractivity contribution in [1.29, 1.82) is 0 Å². The SMILES string of the molecule is [Au+3].[O]=[Mn](=[O])(=[O])[O-].[O]=[Mn](=[O])(=[O])[O-].[O]=[Mn](=[O])(=[O])[O-]. The Hall–Kier alpha value is 0.379. The van der Waals surface area contributed by atoms with Gasteiger partial charge in [0.25, 0.3) is 0 Å². The van der Waals surface area contributed by atoms with Crippen LogP contribution in [0.3, 0.4) is 0 Å². The number of hydrogen-bond acceptors (Lipinski definition) is 12. The van der Waals surface area contributed by atoms with E-state index in [0.717, 1.165) is 0 Å². The average molecular weight is 554 g/mol. The zero-order chi connectivity index (χ0) is 13.5. The van der Waals surface area contributed by atoms with E-state index >= 15 is 0 Å². The van der Waals surface area contributed by atoms with Crippen LogP contribution in [0.5, 0.6) is 0 Å². The summed E-state index contributed by atoms with van der Waals surface area (Å²) in [7, 11) is 0. The Morgan fingerprint density at radius 3 is 0.438 bits per heavy atom. The average Bonchev–Trinajstić information content (AvgIpc) is 1.41. The Morgan fingerprint density at radius 1 is 0.438 bits per heavy atom. The first kappa shape index (κ1) is 25.3. The predicted molar refractivity (Wildman–Crippen MR) is 6.18 cm³/mol. The van der Waals surface area contributed by atoms with Gasteiger partial charge in [0.05, 0.1) is 0 Å². The van der Waals surface area contributed by atoms with Crippen LogP contribution in [0.2, 0.25) is 0 Å². The van der Waals surface area contributed by atoms with Gasteiger partial charge in [0, 0.05) is 0 Å². The molecule has 0 aromatic heterocycles. The van der Waals surface area contributed by atoms with Gasteiger partial charge in [-0.25, -0.2) is 0 Å². The fourth-order valence-electron chi connectivity index (χ4n) is 0. The second-order valence-electron chi connectivity index (χ2n) is 1.13. The molecule has 0 bridgehead atoms. The Kier molecular flexibility index (Phi) is 14.9. The Balaban J connectivity index is -0.0000000655. The van der Waals surface area contributed by atoms with Crippen LogP contribution in [-0.2, 0) is 95.8 Å². The summed E-state index contributed by atoms with van der Waals surface area (Å²) in [4.78, 5) is 0. The molecule has 0 aliphatic heterocycles. The van der Waals surface area contributed by atoms with E-state index in [2.05, 4.69) is 0 Å². The van der Waals surface area contributed by atoms with Gasteiger partial charge in [-0.2, -0.15) is 0 Å². The minimum atomic E-state index is -5.62. The second-order valence-corrected chi connectivity index (χ2v) is 4.68. The van der Waals surface area contributed by atoms with Crippen molar-refractivity contribution in [2.45, 2.75) is 0 Å². The van der Waals surface area contributed by atoms with E-state index in [1.165, 1.54) is 0 Å². The molecule has 0 aromatic rings. The molecule has 0 aromatic carbocycles. The summed E-state index contributed by atoms with van der Waals surface area (Å²) in [6, 6.07) is 0. The summed E-state index contributed by atoms with van der Waals surface area (Å²) in [5.74, 6) is 0. The maximum absolute atomic E-state index is 8.58. The molecule has 0 amide bonds. The molecule has 0 heterocycles. The van der Waals surface area contributed by atoms with Gasteiger partial charge < -0.3 is 0 Å². The number of rotatable bonds is 0. The zero-order valence-corrected chi connectivity index (χ0v) is 12.0. The monoisotopic (exact) mass is 554 g/mol. The molecule has 16 heavy (non-hydrogen) atoms. The predicted octanol–water partition coefficient (Wildman–Crippen LogP) is -4.65. The van der Waals surface area contributed by atoms with Gasteiger partial charge >= 0.3 is 108 Å². The van der Waals surface area contributed by atoms with E-state index < -0.39 is 38.9 Å². The molecule has 0 aliphatic rings. The fraction of sp³-hybridized carbons (Fsp3) is 0. The molecule has 0 unspecified atom stereocenters. The molecule has 0 saturated heterocycles. The third-order valence-electron chi connectivity index (χ3n) is 0. The Morgan fingerprint density at radius 2 is 0.438 bits per heavy atom. The van der Waals surface area contributed by atoms with Gasteiger partial charge in [-0.05, 0) is 0 Å². The van der Waals surface area contributed by atoms with Crippen LogP contribution >= 0.6 is 0 Å². The van der Waals surface area contributed by atoms with Crippen molar-refractivity contribution in [3.05, 3.63) is 0 Å². The van der Waals surface area contributed by atoms with Gasteiger partial charge in [-0.1, -0.05) is 0 Å². The fourth-order valence-corrected chi connectivity index (χ4v) is 0. The molecule has 12 nitrogen and oxygen atoms in total. The normalized spacial score (nSPS) is 10.7. The van der Waals surface area contributed by atoms with Crippen LogP contribution in [-0.4, -0.2) is 0 Å². The first-order chi connectivity index (χ1) is 6.00. The molecule has 16 heteroatoms. The molecular formula is AuMn3O12. The molecule has 0 rings (SSSR count). The zero-order valence-electron chi connectivity index (χ0n) is 6.33. The van der Waals surface area contributed by atoms with Gasteiger partial charge in [0.1, 0.15) is 0 Å². The van der Waals surface area contributed by atoms with Crippen LogP contribution in [0.15, 0.2) is 0 Å². The van der Waals surface area contributed by atoms with E-state index in [1.807, 2.05) is 0 Å². The molecule has 0 spiro atoms. The van der Waals surface area contributed by atoms with Crippen molar-refractivity contribution in [2.75, 3.05) is 0 Å². The third-order valence-corrected chi connectivity index (χ3v) is 0. The van der Waals surface area contributed by atoms with Crippen molar-refractivity contribution in [3.8, 4) is 0 Å². The van der Waals surface area contributed by atoms with Crippen LogP contribution < -0.4 is 12.6 Å². The topological polar surface area (TPSA) is 223 Å². The second kappa shape index (κ2) is 9.41.